The number of hydrogen-bond acceptors (Lipinski definition) is 6. The van der Waals surface area contributed by atoms with E-state index in [4.69, 9.17) is 0 Å². The molecule has 2 aliphatic rings. The first-order valence-electron chi connectivity index (χ1n) is 12.9. The Labute approximate surface area is 208 Å². The number of para-hydroxylation sites is 1. The van der Waals surface area contributed by atoms with Crippen molar-refractivity contribution in [2.24, 2.45) is 5.92 Å². The Hall–Kier alpha value is -2.81. The second-order valence-corrected chi connectivity index (χ2v) is 9.48. The van der Waals surface area contributed by atoms with Gasteiger partial charge in [0.15, 0.2) is 5.82 Å². The van der Waals surface area contributed by atoms with Crippen LogP contribution in [-0.2, 0) is 4.79 Å². The lowest BCUT2D eigenvalue weighted by Gasteiger charge is -2.32. The third-order valence-corrected chi connectivity index (χ3v) is 7.25. The van der Waals surface area contributed by atoms with E-state index in [1.54, 1.807) is 42.6 Å². The number of aromatic nitrogens is 1. The van der Waals surface area contributed by atoms with Gasteiger partial charge in [-0.3, -0.25) is 24.6 Å². The highest BCUT2D eigenvalue weighted by Gasteiger charge is 2.35. The van der Waals surface area contributed by atoms with Crippen molar-refractivity contribution in [1.29, 1.82) is 0 Å². The zero-order chi connectivity index (χ0) is 24.8. The number of rotatable bonds is 9. The summed E-state index contributed by atoms with van der Waals surface area (Å²) >= 11 is 0. The summed E-state index contributed by atoms with van der Waals surface area (Å²) in [6.45, 7) is 9.11. The van der Waals surface area contributed by atoms with Crippen LogP contribution in [0.15, 0.2) is 42.6 Å². The van der Waals surface area contributed by atoms with E-state index in [2.05, 4.69) is 28.6 Å². The second-order valence-electron chi connectivity index (χ2n) is 9.48. The summed E-state index contributed by atoms with van der Waals surface area (Å²) in [6.07, 6.45) is 7.81. The Bertz CT molecular complexity index is 1020. The predicted molar refractivity (Wildman–Crippen MR) is 137 cm³/mol. The van der Waals surface area contributed by atoms with Crippen LogP contribution in [0.1, 0.15) is 56.3 Å². The van der Waals surface area contributed by atoms with E-state index in [9.17, 15) is 14.8 Å². The predicted octanol–water partition coefficient (Wildman–Crippen LogP) is 4.32. The van der Waals surface area contributed by atoms with Crippen LogP contribution < -0.4 is 9.96 Å². The van der Waals surface area contributed by atoms with Crippen LogP contribution >= 0.6 is 0 Å². The lowest BCUT2D eigenvalue weighted by Crippen LogP contribution is -2.44. The number of amides is 2. The molecule has 8 heteroatoms. The summed E-state index contributed by atoms with van der Waals surface area (Å²) in [6, 6.07) is 10.1. The number of likely N-dealkylation sites (N-methyl/N-ethyl adjacent to an activating group) is 1. The molecule has 4 rings (SSSR count). The van der Waals surface area contributed by atoms with Crippen LogP contribution in [0.4, 0.5) is 17.2 Å². The van der Waals surface area contributed by atoms with Gasteiger partial charge in [-0.25, -0.2) is 4.98 Å². The summed E-state index contributed by atoms with van der Waals surface area (Å²) in [7, 11) is 0. The Kier molecular flexibility index (Phi) is 8.49. The topological polar surface area (TPSA) is 80.2 Å². The summed E-state index contributed by atoms with van der Waals surface area (Å²) in [5, 5.41) is 11.2. The van der Waals surface area contributed by atoms with E-state index in [1.807, 2.05) is 0 Å². The van der Waals surface area contributed by atoms with Crippen molar-refractivity contribution in [3.8, 4) is 0 Å². The number of benzene rings is 1. The fourth-order valence-electron chi connectivity index (χ4n) is 5.22. The lowest BCUT2D eigenvalue weighted by molar-refractivity contribution is -0.119. The number of carbonyl (C=O) groups is 2. The number of anilines is 3. The molecule has 1 aliphatic carbocycles. The molecule has 35 heavy (non-hydrogen) atoms. The smallest absolute Gasteiger partial charge is 0.284 e. The number of nitrogens with zero attached hydrogens (tertiary/aromatic N) is 5. The first-order chi connectivity index (χ1) is 17.0. The molecule has 188 valence electrons. The van der Waals surface area contributed by atoms with Crippen LogP contribution in [0.2, 0.25) is 0 Å². The molecule has 0 bridgehead atoms. The molecule has 1 fully saturated rings. The van der Waals surface area contributed by atoms with Gasteiger partial charge in [-0.15, -0.1) is 0 Å². The summed E-state index contributed by atoms with van der Waals surface area (Å²) in [4.78, 5) is 37.5. The minimum atomic E-state index is -0.578. The Balaban J connectivity index is 1.64. The molecule has 1 saturated carbocycles. The quantitative estimate of drug-likeness (QED) is 0.540. The molecule has 1 aromatic carbocycles. The average Bonchev–Trinajstić information content (AvgIpc) is 2.98. The molecule has 0 saturated heterocycles. The van der Waals surface area contributed by atoms with Gasteiger partial charge in [0.05, 0.1) is 17.8 Å². The molecule has 0 unspecified atom stereocenters. The normalized spacial score (nSPS) is 16.4. The molecule has 8 nitrogen and oxygen atoms in total. The Morgan fingerprint density at radius 1 is 1.00 bits per heavy atom. The molecule has 1 aromatic heterocycles. The van der Waals surface area contributed by atoms with Gasteiger partial charge < -0.3 is 4.90 Å². The fraction of sp³-hybridized carbons (Fsp3) is 0.519. The average molecular weight is 480 g/mol. The molecule has 2 aromatic rings. The molecule has 2 amide bonds. The van der Waals surface area contributed by atoms with E-state index in [0.29, 0.717) is 16.7 Å². The van der Waals surface area contributed by atoms with E-state index < -0.39 is 5.91 Å². The van der Waals surface area contributed by atoms with Gasteiger partial charge in [-0.05, 0) is 56.1 Å². The fourth-order valence-corrected chi connectivity index (χ4v) is 5.22. The van der Waals surface area contributed by atoms with E-state index >= 15 is 0 Å². The van der Waals surface area contributed by atoms with Gasteiger partial charge in [0.1, 0.15) is 5.69 Å². The zero-order valence-corrected chi connectivity index (χ0v) is 20.9. The summed E-state index contributed by atoms with van der Waals surface area (Å²) < 4.78 is 0. The Morgan fingerprint density at radius 3 is 2.43 bits per heavy atom. The van der Waals surface area contributed by atoms with Crippen LogP contribution in [0.5, 0.6) is 0 Å². The van der Waals surface area contributed by atoms with Gasteiger partial charge in [0.2, 0.25) is 5.91 Å². The monoisotopic (exact) mass is 479 g/mol. The van der Waals surface area contributed by atoms with Crippen LogP contribution in [0, 0.1) is 5.92 Å². The van der Waals surface area contributed by atoms with Crippen LogP contribution in [0.25, 0.3) is 0 Å². The first kappa shape index (κ1) is 25.3. The SMILES string of the molecule is CCN(CC)CCN(CC(=O)N1c2ccccc2C(=O)N(O)c2cccnc21)CC1CCCCC1. The second kappa shape index (κ2) is 11.7. The molecule has 2 heterocycles. The third kappa shape index (κ3) is 5.72. The van der Waals surface area contributed by atoms with Gasteiger partial charge in [0.25, 0.3) is 5.91 Å². The molecule has 0 atom stereocenters. The van der Waals surface area contributed by atoms with Gasteiger partial charge >= 0.3 is 0 Å². The standard InChI is InChI=1S/C27H37N5O3/c1-3-29(4-2)17-18-30(19-21-11-6-5-7-12-21)20-25(33)31-23-14-9-8-13-22(23)27(34)32(35)24-15-10-16-28-26(24)31/h8-10,13-16,21,35H,3-7,11-12,17-20H2,1-2H3. The van der Waals surface area contributed by atoms with Crippen molar-refractivity contribution in [3.63, 3.8) is 0 Å². The Morgan fingerprint density at radius 2 is 1.69 bits per heavy atom. The van der Waals surface area contributed by atoms with Crippen LogP contribution in [0.3, 0.4) is 0 Å². The highest BCUT2D eigenvalue weighted by Crippen LogP contribution is 2.38. The number of hydroxylamine groups is 1. The van der Waals surface area contributed by atoms with Crippen molar-refractivity contribution >= 4 is 29.0 Å². The number of pyridine rings is 1. The van der Waals surface area contributed by atoms with Crippen molar-refractivity contribution in [2.45, 2.75) is 46.0 Å². The van der Waals surface area contributed by atoms with Crippen molar-refractivity contribution in [2.75, 3.05) is 49.2 Å². The molecule has 0 spiro atoms. The van der Waals surface area contributed by atoms with Crippen LogP contribution in [-0.4, -0.2) is 71.1 Å². The lowest BCUT2D eigenvalue weighted by atomic mass is 9.89. The summed E-state index contributed by atoms with van der Waals surface area (Å²) in [5.74, 6) is 0.130. The zero-order valence-electron chi connectivity index (χ0n) is 20.9. The van der Waals surface area contributed by atoms with Crippen molar-refractivity contribution in [3.05, 3.63) is 48.2 Å². The molecular weight excluding hydrogens is 442 g/mol. The molecule has 1 N–H and O–H groups in total. The number of hydrogen-bond donors (Lipinski definition) is 1. The third-order valence-electron chi connectivity index (χ3n) is 7.25. The maximum Gasteiger partial charge on any atom is 0.284 e. The van der Waals surface area contributed by atoms with Gasteiger partial charge in [-0.2, -0.15) is 5.06 Å². The van der Waals surface area contributed by atoms with E-state index in [-0.39, 0.29) is 29.5 Å². The number of carbonyl (C=O) groups excluding carboxylic acids is 2. The van der Waals surface area contributed by atoms with Crippen molar-refractivity contribution in [1.82, 2.24) is 14.8 Å². The minimum absolute atomic E-state index is 0.157. The molecule has 1 aliphatic heterocycles. The maximum atomic E-state index is 13.9. The van der Waals surface area contributed by atoms with E-state index in [1.165, 1.54) is 37.0 Å². The minimum Gasteiger partial charge on any atom is -0.303 e. The highest BCUT2D eigenvalue weighted by atomic mass is 16.5. The molecule has 0 radical (unpaired) electrons. The van der Waals surface area contributed by atoms with E-state index in [0.717, 1.165) is 32.7 Å². The maximum absolute atomic E-state index is 13.9. The summed E-state index contributed by atoms with van der Waals surface area (Å²) in [5.41, 5.74) is 0.910. The largest absolute Gasteiger partial charge is 0.303 e. The number of fused-ring (bicyclic) bond motifs is 2. The van der Waals surface area contributed by atoms with Crippen molar-refractivity contribution < 1.29 is 14.8 Å². The van der Waals surface area contributed by atoms with Gasteiger partial charge in [0, 0.05) is 25.8 Å². The first-order valence-corrected chi connectivity index (χ1v) is 12.9. The molecular formula is C27H37N5O3. The van der Waals surface area contributed by atoms with Gasteiger partial charge in [-0.1, -0.05) is 45.2 Å². The highest BCUT2D eigenvalue weighted by molar-refractivity contribution is 6.17.